The highest BCUT2D eigenvalue weighted by Crippen LogP contribution is 2.25. The lowest BCUT2D eigenvalue weighted by atomic mass is 10.1. The van der Waals surface area contributed by atoms with Crippen LogP contribution >= 0.6 is 11.8 Å². The summed E-state index contributed by atoms with van der Waals surface area (Å²) < 4.78 is 45.2. The Labute approximate surface area is 157 Å². The lowest BCUT2D eigenvalue weighted by Gasteiger charge is -2.06. The normalized spacial score (nSPS) is 10.9. The number of carbonyl (C=O) groups excluding carboxylic acids is 1. The fourth-order valence-corrected chi connectivity index (χ4v) is 2.98. The largest absolute Gasteiger partial charge is 0.411 e. The SMILES string of the molecule is Cc1cc(C)cc(-c2nnc(SCC(=O)Nc3ccc(F)c(F)c3F)o2)c1. The number of nitrogens with zero attached hydrogens (tertiary/aromatic N) is 2. The summed E-state index contributed by atoms with van der Waals surface area (Å²) in [6.07, 6.45) is 0. The summed E-state index contributed by atoms with van der Waals surface area (Å²) in [5, 5.41) is 10.1. The molecule has 27 heavy (non-hydrogen) atoms. The molecular weight excluding hydrogens is 379 g/mol. The minimum atomic E-state index is -1.64. The molecule has 1 amide bonds. The summed E-state index contributed by atoms with van der Waals surface area (Å²) in [7, 11) is 0. The van der Waals surface area contributed by atoms with Crippen LogP contribution in [0.1, 0.15) is 11.1 Å². The average molecular weight is 393 g/mol. The molecule has 0 aliphatic heterocycles. The first-order valence-corrected chi connectivity index (χ1v) is 8.80. The van der Waals surface area contributed by atoms with E-state index in [9.17, 15) is 18.0 Å². The molecule has 1 aromatic heterocycles. The Morgan fingerprint density at radius 3 is 2.48 bits per heavy atom. The van der Waals surface area contributed by atoms with E-state index in [-0.39, 0.29) is 11.0 Å². The lowest BCUT2D eigenvalue weighted by molar-refractivity contribution is -0.113. The predicted octanol–water partition coefficient (Wildman–Crippen LogP) is 4.50. The van der Waals surface area contributed by atoms with E-state index < -0.39 is 29.0 Å². The molecule has 0 saturated carbocycles. The Balaban J connectivity index is 1.63. The molecule has 9 heteroatoms. The van der Waals surface area contributed by atoms with Crippen LogP contribution in [-0.2, 0) is 4.79 Å². The van der Waals surface area contributed by atoms with Gasteiger partial charge in [-0.05, 0) is 38.1 Å². The Morgan fingerprint density at radius 2 is 1.78 bits per heavy atom. The topological polar surface area (TPSA) is 68.0 Å². The number of hydrogen-bond acceptors (Lipinski definition) is 5. The van der Waals surface area contributed by atoms with Gasteiger partial charge in [-0.2, -0.15) is 0 Å². The van der Waals surface area contributed by atoms with Gasteiger partial charge in [-0.1, -0.05) is 29.0 Å². The van der Waals surface area contributed by atoms with Crippen molar-refractivity contribution in [2.45, 2.75) is 19.1 Å². The highest BCUT2D eigenvalue weighted by Gasteiger charge is 2.16. The van der Waals surface area contributed by atoms with Gasteiger partial charge >= 0.3 is 0 Å². The number of thioether (sulfide) groups is 1. The minimum absolute atomic E-state index is 0.157. The quantitative estimate of drug-likeness (QED) is 0.511. The Bertz CT molecular complexity index is 987. The Hall–Kier alpha value is -2.81. The number of aryl methyl sites for hydroxylation is 2. The fraction of sp³-hybridized carbons (Fsp3) is 0.167. The number of rotatable bonds is 5. The Morgan fingerprint density at radius 1 is 1.07 bits per heavy atom. The number of nitrogens with one attached hydrogen (secondary N) is 1. The molecule has 0 bridgehead atoms. The second-order valence-electron chi connectivity index (χ2n) is 5.81. The van der Waals surface area contributed by atoms with Gasteiger partial charge in [0.15, 0.2) is 17.5 Å². The molecule has 2 aromatic carbocycles. The first kappa shape index (κ1) is 19.0. The van der Waals surface area contributed by atoms with Crippen molar-refractivity contribution in [3.05, 3.63) is 58.9 Å². The summed E-state index contributed by atoms with van der Waals surface area (Å²) >= 11 is 0.942. The van der Waals surface area contributed by atoms with E-state index in [2.05, 4.69) is 15.5 Å². The van der Waals surface area contributed by atoms with Gasteiger partial charge in [0.2, 0.25) is 11.8 Å². The summed E-state index contributed by atoms with van der Waals surface area (Å²) in [5.74, 6) is -4.91. The summed E-state index contributed by atoms with van der Waals surface area (Å²) in [6, 6.07) is 7.48. The van der Waals surface area contributed by atoms with Gasteiger partial charge in [0.1, 0.15) is 0 Å². The third-order valence-corrected chi connectivity index (χ3v) is 4.33. The number of halogens is 3. The predicted molar refractivity (Wildman–Crippen MR) is 94.9 cm³/mol. The van der Waals surface area contributed by atoms with Gasteiger partial charge in [0, 0.05) is 5.56 Å². The molecular formula is C18H14F3N3O2S. The van der Waals surface area contributed by atoms with E-state index in [1.54, 1.807) is 0 Å². The van der Waals surface area contributed by atoms with Crippen LogP contribution in [0, 0.1) is 31.3 Å². The minimum Gasteiger partial charge on any atom is -0.411 e. The standard InChI is InChI=1S/C18H14F3N3O2S/c1-9-5-10(2)7-11(6-9)17-23-24-18(26-17)27-8-14(25)22-13-4-3-12(19)15(20)16(13)21/h3-7H,8H2,1-2H3,(H,22,25). The molecule has 0 spiro atoms. The maximum Gasteiger partial charge on any atom is 0.277 e. The zero-order chi connectivity index (χ0) is 19.6. The van der Waals surface area contributed by atoms with Crippen LogP contribution in [0.15, 0.2) is 40.0 Å². The molecule has 0 unspecified atom stereocenters. The number of carbonyl (C=O) groups is 1. The van der Waals surface area contributed by atoms with Crippen LogP contribution in [0.2, 0.25) is 0 Å². The maximum atomic E-state index is 13.6. The zero-order valence-corrected chi connectivity index (χ0v) is 15.2. The van der Waals surface area contributed by atoms with Gasteiger partial charge in [-0.25, -0.2) is 13.2 Å². The number of aromatic nitrogens is 2. The fourth-order valence-electron chi connectivity index (χ4n) is 2.42. The van der Waals surface area contributed by atoms with Crippen LogP contribution in [0.25, 0.3) is 11.5 Å². The number of hydrogen-bond donors (Lipinski definition) is 1. The number of amides is 1. The summed E-state index contributed by atoms with van der Waals surface area (Å²) in [5.41, 5.74) is 2.41. The third kappa shape index (κ3) is 4.48. The van der Waals surface area contributed by atoms with Crippen LogP contribution in [0.4, 0.5) is 18.9 Å². The smallest absolute Gasteiger partial charge is 0.277 e. The zero-order valence-electron chi connectivity index (χ0n) is 14.3. The lowest BCUT2D eigenvalue weighted by Crippen LogP contribution is -2.15. The highest BCUT2D eigenvalue weighted by molar-refractivity contribution is 7.99. The highest BCUT2D eigenvalue weighted by atomic mass is 32.2. The molecule has 5 nitrogen and oxygen atoms in total. The third-order valence-electron chi connectivity index (χ3n) is 3.51. The Kier molecular flexibility index (Phi) is 5.50. The van der Waals surface area contributed by atoms with Crippen molar-refractivity contribution in [3.63, 3.8) is 0 Å². The van der Waals surface area contributed by atoms with Gasteiger partial charge in [0.25, 0.3) is 5.22 Å². The van der Waals surface area contributed by atoms with E-state index in [1.165, 1.54) is 0 Å². The molecule has 0 aliphatic carbocycles. The second kappa shape index (κ2) is 7.83. The van der Waals surface area contributed by atoms with E-state index in [1.807, 2.05) is 32.0 Å². The number of benzene rings is 2. The van der Waals surface area contributed by atoms with Crippen molar-refractivity contribution < 1.29 is 22.4 Å². The van der Waals surface area contributed by atoms with Gasteiger partial charge in [-0.3, -0.25) is 4.79 Å². The van der Waals surface area contributed by atoms with E-state index >= 15 is 0 Å². The molecule has 0 saturated heterocycles. The molecule has 0 fully saturated rings. The van der Waals surface area contributed by atoms with Gasteiger partial charge < -0.3 is 9.73 Å². The van der Waals surface area contributed by atoms with E-state index in [0.717, 1.165) is 40.6 Å². The molecule has 3 aromatic rings. The van der Waals surface area contributed by atoms with Crippen LogP contribution in [0.3, 0.4) is 0 Å². The first-order valence-electron chi connectivity index (χ1n) is 7.82. The van der Waals surface area contributed by atoms with Crippen LogP contribution < -0.4 is 5.32 Å². The van der Waals surface area contributed by atoms with Gasteiger partial charge in [-0.15, -0.1) is 10.2 Å². The van der Waals surface area contributed by atoms with Crippen molar-refractivity contribution in [3.8, 4) is 11.5 Å². The summed E-state index contributed by atoms with van der Waals surface area (Å²) in [6.45, 7) is 3.90. The second-order valence-corrected chi connectivity index (χ2v) is 6.74. The maximum absolute atomic E-state index is 13.6. The molecule has 1 heterocycles. The monoisotopic (exact) mass is 393 g/mol. The van der Waals surface area contributed by atoms with Crippen molar-refractivity contribution in [2.24, 2.45) is 0 Å². The van der Waals surface area contributed by atoms with Crippen molar-refractivity contribution in [1.82, 2.24) is 10.2 Å². The van der Waals surface area contributed by atoms with Crippen molar-refractivity contribution >= 4 is 23.4 Å². The van der Waals surface area contributed by atoms with Crippen LogP contribution in [-0.4, -0.2) is 21.9 Å². The van der Waals surface area contributed by atoms with Gasteiger partial charge in [0.05, 0.1) is 11.4 Å². The average Bonchev–Trinajstić information content (AvgIpc) is 3.09. The molecule has 0 radical (unpaired) electrons. The molecule has 3 rings (SSSR count). The number of anilines is 1. The van der Waals surface area contributed by atoms with Crippen molar-refractivity contribution in [1.29, 1.82) is 0 Å². The van der Waals surface area contributed by atoms with Crippen LogP contribution in [0.5, 0.6) is 0 Å². The van der Waals surface area contributed by atoms with E-state index in [4.69, 9.17) is 4.42 Å². The van der Waals surface area contributed by atoms with E-state index in [0.29, 0.717) is 5.89 Å². The van der Waals surface area contributed by atoms with Crippen molar-refractivity contribution in [2.75, 3.05) is 11.1 Å². The molecule has 0 atom stereocenters. The first-order chi connectivity index (χ1) is 12.8. The molecule has 0 aliphatic rings. The molecule has 140 valence electrons. The molecule has 1 N–H and O–H groups in total. The summed E-state index contributed by atoms with van der Waals surface area (Å²) in [4.78, 5) is 11.9.